The van der Waals surface area contributed by atoms with Crippen molar-refractivity contribution in [1.82, 2.24) is 10.3 Å². The Morgan fingerprint density at radius 3 is 2.78 bits per heavy atom. The summed E-state index contributed by atoms with van der Waals surface area (Å²) in [6, 6.07) is 3.84. The zero-order chi connectivity index (χ0) is 13.1. The molecule has 0 aliphatic carbocycles. The summed E-state index contributed by atoms with van der Waals surface area (Å²) in [7, 11) is 0. The van der Waals surface area contributed by atoms with Gasteiger partial charge in [-0.2, -0.15) is 0 Å². The van der Waals surface area contributed by atoms with Gasteiger partial charge in [-0.15, -0.1) is 0 Å². The maximum absolute atomic E-state index is 11.7. The van der Waals surface area contributed by atoms with Crippen LogP contribution in [0.25, 0.3) is 0 Å². The highest BCUT2D eigenvalue weighted by molar-refractivity contribution is 5.94. The van der Waals surface area contributed by atoms with Crippen molar-refractivity contribution in [3.05, 3.63) is 41.6 Å². The van der Waals surface area contributed by atoms with Gasteiger partial charge in [0.25, 0.3) is 5.91 Å². The molecule has 2 rings (SSSR count). The largest absolute Gasteiger partial charge is 0.504 e. The van der Waals surface area contributed by atoms with Gasteiger partial charge in [-0.05, 0) is 25.1 Å². The van der Waals surface area contributed by atoms with E-state index in [0.29, 0.717) is 11.7 Å². The molecule has 0 atom stereocenters. The second-order valence-electron chi connectivity index (χ2n) is 3.75. The van der Waals surface area contributed by atoms with Crippen molar-refractivity contribution < 1.29 is 19.4 Å². The summed E-state index contributed by atoms with van der Waals surface area (Å²) in [5.41, 5.74) is 0.244. The van der Waals surface area contributed by atoms with Crippen molar-refractivity contribution >= 4 is 5.91 Å². The molecule has 0 radical (unpaired) electrons. The fourth-order valence-corrected chi connectivity index (χ4v) is 1.41. The van der Waals surface area contributed by atoms with Crippen LogP contribution in [0.2, 0.25) is 0 Å². The third-order valence-electron chi connectivity index (χ3n) is 2.31. The van der Waals surface area contributed by atoms with Crippen molar-refractivity contribution in [2.24, 2.45) is 0 Å². The standard InChI is InChI=1S/C12H12N2O4/c1-7-5-13-11(18-7)6-14-12(17)8-2-3-9(15)10(16)4-8/h2-5,15-16H,6H2,1H3,(H,14,17). The third-order valence-corrected chi connectivity index (χ3v) is 2.31. The van der Waals surface area contributed by atoms with Gasteiger partial charge >= 0.3 is 0 Å². The van der Waals surface area contributed by atoms with E-state index < -0.39 is 0 Å². The van der Waals surface area contributed by atoms with Crippen LogP contribution in [0.3, 0.4) is 0 Å². The van der Waals surface area contributed by atoms with Crippen LogP contribution >= 0.6 is 0 Å². The number of hydrogen-bond acceptors (Lipinski definition) is 5. The van der Waals surface area contributed by atoms with E-state index in [2.05, 4.69) is 10.3 Å². The lowest BCUT2D eigenvalue weighted by Gasteiger charge is -2.04. The molecular formula is C12H12N2O4. The quantitative estimate of drug-likeness (QED) is 0.712. The molecule has 0 bridgehead atoms. The van der Waals surface area contributed by atoms with Gasteiger partial charge < -0.3 is 19.9 Å². The predicted molar refractivity (Wildman–Crippen MR) is 62.2 cm³/mol. The van der Waals surface area contributed by atoms with E-state index in [1.807, 2.05) is 0 Å². The molecule has 2 aromatic rings. The molecule has 6 heteroatoms. The number of phenols is 2. The van der Waals surface area contributed by atoms with Gasteiger partial charge in [0, 0.05) is 5.56 Å². The summed E-state index contributed by atoms with van der Waals surface area (Å²) in [5.74, 6) is 0.0797. The van der Waals surface area contributed by atoms with Gasteiger partial charge in [0.1, 0.15) is 5.76 Å². The predicted octanol–water partition coefficient (Wildman–Crippen LogP) is 1.32. The minimum Gasteiger partial charge on any atom is -0.504 e. The summed E-state index contributed by atoms with van der Waals surface area (Å²) in [4.78, 5) is 15.7. The molecule has 18 heavy (non-hydrogen) atoms. The number of benzene rings is 1. The Morgan fingerprint density at radius 1 is 1.39 bits per heavy atom. The van der Waals surface area contributed by atoms with Crippen molar-refractivity contribution in [3.8, 4) is 11.5 Å². The Balaban J connectivity index is 2.01. The topological polar surface area (TPSA) is 95.6 Å². The van der Waals surface area contributed by atoms with E-state index in [9.17, 15) is 9.90 Å². The molecule has 0 spiro atoms. The summed E-state index contributed by atoms with van der Waals surface area (Å²) < 4.78 is 5.20. The van der Waals surface area contributed by atoms with Crippen LogP contribution in [-0.4, -0.2) is 21.1 Å². The Morgan fingerprint density at radius 2 is 2.17 bits per heavy atom. The van der Waals surface area contributed by atoms with Crippen molar-refractivity contribution in [2.45, 2.75) is 13.5 Å². The summed E-state index contributed by atoms with van der Waals surface area (Å²) in [5, 5.41) is 21.0. The Kier molecular flexibility index (Phi) is 3.18. The summed E-state index contributed by atoms with van der Waals surface area (Å²) in [6.45, 7) is 1.92. The highest BCUT2D eigenvalue weighted by Crippen LogP contribution is 2.24. The number of aromatic nitrogens is 1. The van der Waals surface area contributed by atoms with E-state index in [1.54, 1.807) is 13.1 Å². The number of amides is 1. The molecule has 0 saturated carbocycles. The second-order valence-corrected chi connectivity index (χ2v) is 3.75. The number of phenolic OH excluding ortho intramolecular Hbond substituents is 2. The summed E-state index contributed by atoms with van der Waals surface area (Å²) in [6.07, 6.45) is 1.56. The maximum Gasteiger partial charge on any atom is 0.251 e. The molecule has 0 unspecified atom stereocenters. The minimum atomic E-state index is -0.388. The van der Waals surface area contributed by atoms with Crippen molar-refractivity contribution in [1.29, 1.82) is 0 Å². The van der Waals surface area contributed by atoms with E-state index >= 15 is 0 Å². The number of carbonyl (C=O) groups excluding carboxylic acids is 1. The number of aryl methyl sites for hydroxylation is 1. The molecule has 6 nitrogen and oxygen atoms in total. The normalized spacial score (nSPS) is 10.3. The van der Waals surface area contributed by atoms with Gasteiger partial charge in [0.05, 0.1) is 12.7 Å². The molecule has 3 N–H and O–H groups in total. The van der Waals surface area contributed by atoms with Crippen LogP contribution < -0.4 is 5.32 Å². The molecule has 1 aromatic carbocycles. The molecule has 0 aliphatic heterocycles. The Bertz CT molecular complexity index is 577. The van der Waals surface area contributed by atoms with Gasteiger partial charge in [-0.25, -0.2) is 4.98 Å². The number of aromatic hydroxyl groups is 2. The number of oxazole rings is 1. The van der Waals surface area contributed by atoms with Crippen LogP contribution in [-0.2, 0) is 6.54 Å². The van der Waals surface area contributed by atoms with Gasteiger partial charge in [-0.3, -0.25) is 4.79 Å². The number of hydrogen-bond donors (Lipinski definition) is 3. The van der Waals surface area contributed by atoms with Gasteiger partial charge in [0.15, 0.2) is 11.5 Å². The monoisotopic (exact) mass is 248 g/mol. The zero-order valence-corrected chi connectivity index (χ0v) is 9.67. The zero-order valence-electron chi connectivity index (χ0n) is 9.67. The lowest BCUT2D eigenvalue weighted by molar-refractivity contribution is 0.0946. The molecule has 94 valence electrons. The lowest BCUT2D eigenvalue weighted by Crippen LogP contribution is -2.22. The highest BCUT2D eigenvalue weighted by Gasteiger charge is 2.09. The van der Waals surface area contributed by atoms with E-state index in [4.69, 9.17) is 9.52 Å². The van der Waals surface area contributed by atoms with Crippen LogP contribution in [0.15, 0.2) is 28.8 Å². The van der Waals surface area contributed by atoms with Crippen LogP contribution in [0, 0.1) is 6.92 Å². The number of carbonyl (C=O) groups is 1. The summed E-state index contributed by atoms with van der Waals surface area (Å²) >= 11 is 0. The molecule has 0 fully saturated rings. The number of rotatable bonds is 3. The van der Waals surface area contributed by atoms with E-state index in [0.717, 1.165) is 0 Å². The van der Waals surface area contributed by atoms with E-state index in [-0.39, 0.29) is 29.5 Å². The lowest BCUT2D eigenvalue weighted by atomic mass is 10.2. The van der Waals surface area contributed by atoms with Gasteiger partial charge in [-0.1, -0.05) is 0 Å². The first-order valence-corrected chi connectivity index (χ1v) is 5.28. The average molecular weight is 248 g/mol. The highest BCUT2D eigenvalue weighted by atomic mass is 16.4. The van der Waals surface area contributed by atoms with Crippen LogP contribution in [0.5, 0.6) is 11.5 Å². The fraction of sp³-hybridized carbons (Fsp3) is 0.167. The number of nitrogens with one attached hydrogen (secondary N) is 1. The third kappa shape index (κ3) is 2.60. The number of nitrogens with zero attached hydrogens (tertiary/aromatic N) is 1. The maximum atomic E-state index is 11.7. The van der Waals surface area contributed by atoms with Crippen molar-refractivity contribution in [2.75, 3.05) is 0 Å². The Hall–Kier alpha value is -2.50. The molecule has 1 heterocycles. The fourth-order valence-electron chi connectivity index (χ4n) is 1.41. The molecule has 0 aliphatic rings. The van der Waals surface area contributed by atoms with E-state index in [1.165, 1.54) is 18.2 Å². The van der Waals surface area contributed by atoms with Crippen LogP contribution in [0.4, 0.5) is 0 Å². The Labute approximate surface area is 103 Å². The first-order chi connectivity index (χ1) is 8.56. The average Bonchev–Trinajstić information content (AvgIpc) is 2.75. The SMILES string of the molecule is Cc1cnc(CNC(=O)c2ccc(O)c(O)c2)o1. The molecule has 0 saturated heterocycles. The smallest absolute Gasteiger partial charge is 0.251 e. The molecule has 1 aromatic heterocycles. The minimum absolute atomic E-state index is 0.161. The first-order valence-electron chi connectivity index (χ1n) is 5.28. The van der Waals surface area contributed by atoms with Crippen molar-refractivity contribution in [3.63, 3.8) is 0 Å². The van der Waals surface area contributed by atoms with Gasteiger partial charge in [0.2, 0.25) is 5.89 Å². The van der Waals surface area contributed by atoms with Crippen LogP contribution in [0.1, 0.15) is 22.0 Å². The second kappa shape index (κ2) is 4.79. The first kappa shape index (κ1) is 12.0. The molecule has 1 amide bonds. The molecular weight excluding hydrogens is 236 g/mol.